The molecule has 0 unspecified atom stereocenters. The zero-order valence-corrected chi connectivity index (χ0v) is 20.5. The fourth-order valence-electron chi connectivity index (χ4n) is 3.11. The van der Waals surface area contributed by atoms with Crippen molar-refractivity contribution in [2.75, 3.05) is 15.8 Å². The zero-order chi connectivity index (χ0) is 25.2. The number of carbonyl (C=O) groups excluding carboxylic acids is 1. The third-order valence-corrected chi connectivity index (χ3v) is 8.34. The highest BCUT2D eigenvalue weighted by Gasteiger charge is 2.33. The Morgan fingerprint density at radius 3 is 2.49 bits per heavy atom. The van der Waals surface area contributed by atoms with Gasteiger partial charge in [0.2, 0.25) is 5.91 Å². The number of hydrogen-bond acceptors (Lipinski definition) is 6. The summed E-state index contributed by atoms with van der Waals surface area (Å²) >= 11 is 2.33. The van der Waals surface area contributed by atoms with Crippen molar-refractivity contribution >= 4 is 60.6 Å². The molecule has 1 heterocycles. The van der Waals surface area contributed by atoms with Crippen molar-refractivity contribution in [3.8, 4) is 0 Å². The lowest BCUT2D eigenvalue weighted by Gasteiger charge is -2.13. The number of benzene rings is 3. The van der Waals surface area contributed by atoms with Crippen LogP contribution in [0.1, 0.15) is 11.1 Å². The highest BCUT2D eigenvalue weighted by Crippen LogP contribution is 2.35. The SMILES string of the molecule is Cc1ccc(S(=O)(=O)Nc2ccc3nc(SCC(=O)Nc4ccccc4C(F)(F)F)sc3c2)cc1. The molecule has 0 aliphatic heterocycles. The maximum Gasteiger partial charge on any atom is 0.418 e. The van der Waals surface area contributed by atoms with Crippen LogP contribution in [0.3, 0.4) is 0 Å². The number of thiazole rings is 1. The molecule has 0 spiro atoms. The molecule has 182 valence electrons. The maximum absolute atomic E-state index is 13.1. The van der Waals surface area contributed by atoms with Crippen LogP contribution in [0.15, 0.2) is 76.0 Å². The predicted octanol–water partition coefficient (Wildman–Crippen LogP) is 6.16. The van der Waals surface area contributed by atoms with Crippen LogP contribution in [0.2, 0.25) is 0 Å². The van der Waals surface area contributed by atoms with Gasteiger partial charge in [0.25, 0.3) is 10.0 Å². The van der Waals surface area contributed by atoms with E-state index in [1.807, 2.05) is 6.92 Å². The second-order valence-electron chi connectivity index (χ2n) is 7.46. The summed E-state index contributed by atoms with van der Waals surface area (Å²) in [6, 6.07) is 16.1. The molecule has 35 heavy (non-hydrogen) atoms. The van der Waals surface area contributed by atoms with Gasteiger partial charge in [-0.25, -0.2) is 13.4 Å². The van der Waals surface area contributed by atoms with Gasteiger partial charge in [-0.2, -0.15) is 13.2 Å². The minimum atomic E-state index is -4.58. The molecule has 4 aromatic rings. The molecule has 0 fully saturated rings. The third kappa shape index (κ3) is 6.13. The highest BCUT2D eigenvalue weighted by atomic mass is 32.2. The van der Waals surface area contributed by atoms with E-state index in [9.17, 15) is 26.4 Å². The van der Waals surface area contributed by atoms with Crippen LogP contribution in [0, 0.1) is 6.92 Å². The van der Waals surface area contributed by atoms with E-state index in [0.29, 0.717) is 20.2 Å². The predicted molar refractivity (Wildman–Crippen MR) is 132 cm³/mol. The number of nitrogens with zero attached hydrogens (tertiary/aromatic N) is 1. The van der Waals surface area contributed by atoms with E-state index in [-0.39, 0.29) is 16.3 Å². The number of fused-ring (bicyclic) bond motifs is 1. The van der Waals surface area contributed by atoms with Gasteiger partial charge in [-0.05, 0) is 49.4 Å². The molecule has 0 aliphatic carbocycles. The molecule has 2 N–H and O–H groups in total. The fraction of sp³-hybridized carbons (Fsp3) is 0.130. The Kier molecular flexibility index (Phi) is 7.06. The molecule has 1 aromatic heterocycles. The Morgan fingerprint density at radius 2 is 1.77 bits per heavy atom. The highest BCUT2D eigenvalue weighted by molar-refractivity contribution is 8.01. The number of alkyl halides is 3. The smallest absolute Gasteiger partial charge is 0.325 e. The molecule has 1 amide bonds. The Morgan fingerprint density at radius 1 is 1.06 bits per heavy atom. The molecule has 4 rings (SSSR count). The number of aromatic nitrogens is 1. The topological polar surface area (TPSA) is 88.2 Å². The van der Waals surface area contributed by atoms with E-state index in [1.54, 1.807) is 30.3 Å². The average molecular weight is 538 g/mol. The molecule has 0 saturated heterocycles. The lowest BCUT2D eigenvalue weighted by molar-refractivity contribution is -0.137. The molecule has 3 aromatic carbocycles. The number of aryl methyl sites for hydroxylation is 1. The lowest BCUT2D eigenvalue weighted by atomic mass is 10.1. The normalized spacial score (nSPS) is 12.0. The number of nitrogens with one attached hydrogen (secondary N) is 2. The van der Waals surface area contributed by atoms with Crippen LogP contribution < -0.4 is 10.0 Å². The Bertz CT molecular complexity index is 1480. The maximum atomic E-state index is 13.1. The summed E-state index contributed by atoms with van der Waals surface area (Å²) in [7, 11) is -3.76. The molecule has 0 bridgehead atoms. The standard InChI is InChI=1S/C23H18F3N3O3S3/c1-14-6-9-16(10-7-14)35(31,32)29-15-8-11-19-20(12-15)34-22(28-19)33-13-21(30)27-18-5-3-2-4-17(18)23(24,25)26/h2-12,29H,13H2,1H3,(H,27,30). The molecule has 0 radical (unpaired) electrons. The molecule has 0 saturated carbocycles. The first-order valence-corrected chi connectivity index (χ1v) is 13.4. The van der Waals surface area contributed by atoms with Crippen molar-refractivity contribution in [2.24, 2.45) is 0 Å². The van der Waals surface area contributed by atoms with Crippen molar-refractivity contribution in [3.63, 3.8) is 0 Å². The number of carbonyl (C=O) groups is 1. The van der Waals surface area contributed by atoms with Gasteiger partial charge >= 0.3 is 6.18 Å². The number of thioether (sulfide) groups is 1. The van der Waals surface area contributed by atoms with Crippen molar-refractivity contribution in [3.05, 3.63) is 77.9 Å². The summed E-state index contributed by atoms with van der Waals surface area (Å²) in [5, 5.41) is 2.30. The Balaban J connectivity index is 1.43. The number of amides is 1. The van der Waals surface area contributed by atoms with Gasteiger partial charge in [-0.15, -0.1) is 11.3 Å². The third-order valence-electron chi connectivity index (χ3n) is 4.79. The summed E-state index contributed by atoms with van der Waals surface area (Å²) < 4.78 is 68.3. The second kappa shape index (κ2) is 9.88. The number of hydrogen-bond donors (Lipinski definition) is 2. The number of halogens is 3. The second-order valence-corrected chi connectivity index (χ2v) is 11.4. The summed E-state index contributed by atoms with van der Waals surface area (Å²) in [5.74, 6) is -0.739. The summed E-state index contributed by atoms with van der Waals surface area (Å²) in [4.78, 5) is 16.8. The lowest BCUT2D eigenvalue weighted by Crippen LogP contribution is -2.18. The fourth-order valence-corrected chi connectivity index (χ4v) is 6.07. The first kappa shape index (κ1) is 25.0. The van der Waals surface area contributed by atoms with Crippen LogP contribution >= 0.6 is 23.1 Å². The first-order valence-electron chi connectivity index (χ1n) is 10.1. The quantitative estimate of drug-likeness (QED) is 0.276. The van der Waals surface area contributed by atoms with Crippen molar-refractivity contribution in [1.82, 2.24) is 4.98 Å². The van der Waals surface area contributed by atoms with Crippen molar-refractivity contribution in [1.29, 1.82) is 0 Å². The van der Waals surface area contributed by atoms with E-state index in [4.69, 9.17) is 0 Å². The van der Waals surface area contributed by atoms with Gasteiger partial charge in [0.05, 0.1) is 37.8 Å². The summed E-state index contributed by atoms with van der Waals surface area (Å²) in [6.45, 7) is 1.86. The molecule has 12 heteroatoms. The minimum absolute atomic E-state index is 0.140. The van der Waals surface area contributed by atoms with Crippen molar-refractivity contribution in [2.45, 2.75) is 22.3 Å². The molecular formula is C23H18F3N3O3S3. The van der Waals surface area contributed by atoms with E-state index in [0.717, 1.165) is 23.4 Å². The number of rotatable bonds is 7. The molecular weight excluding hydrogens is 519 g/mol. The molecule has 6 nitrogen and oxygen atoms in total. The summed E-state index contributed by atoms with van der Waals surface area (Å²) in [5.41, 5.74) is 0.691. The Hall–Kier alpha value is -3.09. The zero-order valence-electron chi connectivity index (χ0n) is 18.1. The number of sulfonamides is 1. The largest absolute Gasteiger partial charge is 0.418 e. The Labute approximate surface area is 207 Å². The van der Waals surface area contributed by atoms with Gasteiger partial charge in [-0.1, -0.05) is 41.6 Å². The van der Waals surface area contributed by atoms with Gasteiger partial charge in [0.1, 0.15) is 0 Å². The van der Waals surface area contributed by atoms with Crippen molar-refractivity contribution < 1.29 is 26.4 Å². The first-order chi connectivity index (χ1) is 16.5. The monoisotopic (exact) mass is 537 g/mol. The van der Waals surface area contributed by atoms with Gasteiger partial charge in [-0.3, -0.25) is 9.52 Å². The molecule has 0 aliphatic rings. The van der Waals surface area contributed by atoms with E-state index in [1.165, 1.54) is 41.7 Å². The van der Waals surface area contributed by atoms with E-state index >= 15 is 0 Å². The van der Waals surface area contributed by atoms with Crippen LogP contribution in [0.4, 0.5) is 24.5 Å². The van der Waals surface area contributed by atoms with E-state index in [2.05, 4.69) is 15.0 Å². The van der Waals surface area contributed by atoms with Crippen LogP contribution in [0.25, 0.3) is 10.2 Å². The minimum Gasteiger partial charge on any atom is -0.325 e. The van der Waals surface area contributed by atoms with Gasteiger partial charge in [0.15, 0.2) is 4.34 Å². The van der Waals surface area contributed by atoms with Crippen LogP contribution in [-0.2, 0) is 21.0 Å². The number of para-hydroxylation sites is 1. The van der Waals surface area contributed by atoms with Crippen LogP contribution in [0.5, 0.6) is 0 Å². The van der Waals surface area contributed by atoms with E-state index < -0.39 is 27.7 Å². The average Bonchev–Trinajstić information content (AvgIpc) is 3.19. The molecule has 0 atom stereocenters. The van der Waals surface area contributed by atoms with Gasteiger partial charge < -0.3 is 5.32 Å². The van der Waals surface area contributed by atoms with Crippen LogP contribution in [-0.4, -0.2) is 25.1 Å². The van der Waals surface area contributed by atoms with Gasteiger partial charge in [0, 0.05) is 0 Å². The number of anilines is 2. The summed E-state index contributed by atoms with van der Waals surface area (Å²) in [6.07, 6.45) is -4.58.